The van der Waals surface area contributed by atoms with Crippen molar-refractivity contribution < 1.29 is 0 Å². The van der Waals surface area contributed by atoms with Gasteiger partial charge in [-0.15, -0.1) is 0 Å². The third-order valence-electron chi connectivity index (χ3n) is 6.50. The normalized spacial score (nSPS) is 28.3. The fourth-order valence-corrected chi connectivity index (χ4v) is 5.34. The van der Waals surface area contributed by atoms with Crippen LogP contribution in [-0.2, 0) is 0 Å². The van der Waals surface area contributed by atoms with Gasteiger partial charge in [0.1, 0.15) is 0 Å². The standard InChI is InChI=1S/C25H33N3/c1-16(2)28(17(3)4)19-10-11-20(18(5)14-19)25-22-9-7-6-8-21(22)23-15-26-13-12-24(23)27-25/h6-11,13-14,16-17,21-23,25H,12,15H2,1-5H3. The van der Waals surface area contributed by atoms with E-state index >= 15 is 0 Å². The molecule has 0 saturated heterocycles. The lowest BCUT2D eigenvalue weighted by molar-refractivity contribution is 0.316. The first-order valence-electron chi connectivity index (χ1n) is 10.8. The smallest absolute Gasteiger partial charge is 0.0819 e. The molecule has 1 aromatic carbocycles. The van der Waals surface area contributed by atoms with Gasteiger partial charge >= 0.3 is 0 Å². The minimum absolute atomic E-state index is 0.213. The third kappa shape index (κ3) is 3.36. The van der Waals surface area contributed by atoms with Gasteiger partial charge in [0.15, 0.2) is 0 Å². The van der Waals surface area contributed by atoms with Gasteiger partial charge in [-0.3, -0.25) is 9.98 Å². The molecule has 0 aromatic heterocycles. The number of anilines is 1. The molecule has 0 fully saturated rings. The molecule has 2 aliphatic heterocycles. The average molecular weight is 376 g/mol. The van der Waals surface area contributed by atoms with E-state index < -0.39 is 0 Å². The van der Waals surface area contributed by atoms with Gasteiger partial charge in [-0.05, 0) is 63.8 Å². The zero-order valence-electron chi connectivity index (χ0n) is 17.8. The first-order chi connectivity index (χ1) is 13.5. The number of allylic oxidation sites excluding steroid dienone is 3. The molecule has 3 nitrogen and oxygen atoms in total. The molecule has 4 rings (SSSR count). The molecule has 4 unspecified atom stereocenters. The Kier molecular flexibility index (Phi) is 5.27. The zero-order chi connectivity index (χ0) is 19.8. The first-order valence-corrected chi connectivity index (χ1v) is 10.8. The number of aryl methyl sites for hydroxylation is 1. The van der Waals surface area contributed by atoms with E-state index in [4.69, 9.17) is 4.99 Å². The number of fused-ring (bicyclic) bond motifs is 3. The fraction of sp³-hybridized carbons (Fsp3) is 0.520. The van der Waals surface area contributed by atoms with Crippen LogP contribution >= 0.6 is 0 Å². The summed E-state index contributed by atoms with van der Waals surface area (Å²) in [5.41, 5.74) is 5.38. The maximum Gasteiger partial charge on any atom is 0.0819 e. The summed E-state index contributed by atoms with van der Waals surface area (Å²) in [6, 6.07) is 8.17. The molecule has 4 atom stereocenters. The van der Waals surface area contributed by atoms with Crippen LogP contribution in [0.25, 0.3) is 0 Å². The van der Waals surface area contributed by atoms with E-state index in [-0.39, 0.29) is 6.04 Å². The summed E-state index contributed by atoms with van der Waals surface area (Å²) in [6.45, 7) is 12.2. The largest absolute Gasteiger partial charge is 0.367 e. The molecule has 0 spiro atoms. The molecule has 0 saturated carbocycles. The van der Waals surface area contributed by atoms with Crippen LogP contribution in [-0.4, -0.2) is 30.6 Å². The lowest BCUT2D eigenvalue weighted by Crippen LogP contribution is -2.40. The fourth-order valence-electron chi connectivity index (χ4n) is 5.34. The molecule has 2 heterocycles. The molecule has 148 valence electrons. The van der Waals surface area contributed by atoms with Crippen molar-refractivity contribution in [2.75, 3.05) is 11.4 Å². The highest BCUT2D eigenvalue weighted by Crippen LogP contribution is 2.45. The van der Waals surface area contributed by atoms with Crippen LogP contribution in [0.4, 0.5) is 5.69 Å². The van der Waals surface area contributed by atoms with E-state index in [0.717, 1.165) is 13.0 Å². The summed E-state index contributed by atoms with van der Waals surface area (Å²) in [6.07, 6.45) is 12.1. The van der Waals surface area contributed by atoms with E-state index in [1.54, 1.807) is 0 Å². The van der Waals surface area contributed by atoms with Crippen molar-refractivity contribution in [1.82, 2.24) is 0 Å². The quantitative estimate of drug-likeness (QED) is 0.677. The van der Waals surface area contributed by atoms with Crippen molar-refractivity contribution in [2.45, 2.75) is 59.2 Å². The summed E-state index contributed by atoms with van der Waals surface area (Å²) < 4.78 is 0. The van der Waals surface area contributed by atoms with Crippen LogP contribution in [0.3, 0.4) is 0 Å². The van der Waals surface area contributed by atoms with E-state index in [0.29, 0.717) is 29.8 Å². The molecule has 1 aliphatic carbocycles. The monoisotopic (exact) mass is 375 g/mol. The van der Waals surface area contributed by atoms with Crippen molar-refractivity contribution in [3.8, 4) is 0 Å². The zero-order valence-corrected chi connectivity index (χ0v) is 17.8. The lowest BCUT2D eigenvalue weighted by atomic mass is 9.68. The summed E-state index contributed by atoms with van der Waals surface area (Å²) in [4.78, 5) is 12.3. The minimum atomic E-state index is 0.213. The maximum absolute atomic E-state index is 5.29. The summed E-state index contributed by atoms with van der Waals surface area (Å²) in [5.74, 6) is 1.43. The molecule has 0 amide bonds. The number of benzene rings is 1. The van der Waals surface area contributed by atoms with Crippen LogP contribution in [0.5, 0.6) is 0 Å². The third-order valence-corrected chi connectivity index (χ3v) is 6.50. The van der Waals surface area contributed by atoms with Crippen molar-refractivity contribution >= 4 is 17.6 Å². The van der Waals surface area contributed by atoms with Gasteiger partial charge in [0, 0.05) is 54.5 Å². The number of hydrogen-bond acceptors (Lipinski definition) is 3. The Hall–Kier alpha value is -2.16. The van der Waals surface area contributed by atoms with Crippen molar-refractivity contribution in [1.29, 1.82) is 0 Å². The highest BCUT2D eigenvalue weighted by molar-refractivity contribution is 5.99. The first kappa shape index (κ1) is 19.2. The topological polar surface area (TPSA) is 28.0 Å². The number of rotatable bonds is 4. The van der Waals surface area contributed by atoms with Gasteiger partial charge in [-0.1, -0.05) is 30.4 Å². The van der Waals surface area contributed by atoms with Crippen molar-refractivity contribution in [2.24, 2.45) is 27.7 Å². The predicted molar refractivity (Wildman–Crippen MR) is 121 cm³/mol. The van der Waals surface area contributed by atoms with Crippen LogP contribution in [0.1, 0.15) is 51.3 Å². The summed E-state index contributed by atoms with van der Waals surface area (Å²) in [5, 5.41) is 0. The molecule has 0 bridgehead atoms. The van der Waals surface area contributed by atoms with E-state index in [2.05, 4.69) is 87.0 Å². The summed E-state index contributed by atoms with van der Waals surface area (Å²) in [7, 11) is 0. The number of aliphatic imine (C=N–C) groups is 2. The van der Waals surface area contributed by atoms with Gasteiger partial charge in [0.05, 0.1) is 6.04 Å². The van der Waals surface area contributed by atoms with Crippen molar-refractivity contribution in [3.05, 3.63) is 53.6 Å². The Morgan fingerprint density at radius 3 is 2.39 bits per heavy atom. The molecule has 1 aromatic rings. The second-order valence-electron chi connectivity index (χ2n) is 8.98. The molecule has 28 heavy (non-hydrogen) atoms. The van der Waals surface area contributed by atoms with Crippen molar-refractivity contribution in [3.63, 3.8) is 0 Å². The average Bonchev–Trinajstić information content (AvgIpc) is 2.67. The van der Waals surface area contributed by atoms with Crippen LogP contribution in [0.15, 0.2) is 52.5 Å². The molecule has 3 heteroatoms. The number of nitrogens with zero attached hydrogens (tertiary/aromatic N) is 3. The Morgan fingerprint density at radius 1 is 1.00 bits per heavy atom. The second kappa shape index (κ2) is 7.69. The molecular weight excluding hydrogens is 342 g/mol. The Morgan fingerprint density at radius 2 is 1.71 bits per heavy atom. The summed E-state index contributed by atoms with van der Waals surface area (Å²) >= 11 is 0. The number of hydrogen-bond donors (Lipinski definition) is 0. The second-order valence-corrected chi connectivity index (χ2v) is 8.98. The van der Waals surface area contributed by atoms with Gasteiger partial charge in [-0.25, -0.2) is 0 Å². The van der Waals surface area contributed by atoms with Gasteiger partial charge < -0.3 is 4.90 Å². The van der Waals surface area contributed by atoms with E-state index in [9.17, 15) is 0 Å². The highest BCUT2D eigenvalue weighted by Gasteiger charge is 2.40. The van der Waals surface area contributed by atoms with Crippen LogP contribution in [0.2, 0.25) is 0 Å². The van der Waals surface area contributed by atoms with Crippen LogP contribution in [0, 0.1) is 24.7 Å². The Bertz CT molecular complexity index is 835. The SMILES string of the molecule is Cc1cc(N(C(C)C)C(C)C)ccc1C1N=C2CC=NCC2C2C=CC=CC12. The van der Waals surface area contributed by atoms with E-state index in [1.807, 2.05) is 6.21 Å². The Balaban J connectivity index is 1.72. The van der Waals surface area contributed by atoms with Gasteiger partial charge in [-0.2, -0.15) is 0 Å². The minimum Gasteiger partial charge on any atom is -0.367 e. The lowest BCUT2D eigenvalue weighted by Gasteiger charge is -2.41. The molecular formula is C25H33N3. The van der Waals surface area contributed by atoms with Crippen LogP contribution < -0.4 is 4.90 Å². The van der Waals surface area contributed by atoms with Gasteiger partial charge in [0.2, 0.25) is 0 Å². The Labute approximate surface area is 170 Å². The van der Waals surface area contributed by atoms with Gasteiger partial charge in [0.25, 0.3) is 0 Å². The molecule has 3 aliphatic rings. The van der Waals surface area contributed by atoms with E-state index in [1.165, 1.54) is 22.5 Å². The highest BCUT2D eigenvalue weighted by atomic mass is 15.2. The molecule has 0 N–H and O–H groups in total. The maximum atomic E-state index is 5.29. The molecule has 0 radical (unpaired) electrons. The predicted octanol–water partition coefficient (Wildman–Crippen LogP) is 5.56.